The van der Waals surface area contributed by atoms with E-state index in [4.69, 9.17) is 14.6 Å². The van der Waals surface area contributed by atoms with E-state index in [9.17, 15) is 9.18 Å². The Balaban J connectivity index is 1.34. The number of aromatic nitrogens is 3. The lowest BCUT2D eigenvalue weighted by Crippen LogP contribution is -2.03. The Kier molecular flexibility index (Phi) is 6.56. The molecule has 4 aromatic rings. The summed E-state index contributed by atoms with van der Waals surface area (Å²) in [7, 11) is 1.59. The minimum absolute atomic E-state index is 0.0120. The first-order valence-corrected chi connectivity index (χ1v) is 11.9. The van der Waals surface area contributed by atoms with Crippen LogP contribution < -0.4 is 9.47 Å². The number of hydrogen-bond acceptors (Lipinski definition) is 6. The average molecular weight is 500 g/mol. The Morgan fingerprint density at radius 2 is 1.76 bits per heavy atom. The summed E-state index contributed by atoms with van der Waals surface area (Å²) in [6.45, 7) is 4.06. The van der Waals surface area contributed by atoms with Crippen molar-refractivity contribution in [2.24, 2.45) is 5.92 Å². The number of hydrogen-bond donors (Lipinski definition) is 1. The topological polar surface area (TPSA) is 94.4 Å². The van der Waals surface area contributed by atoms with Crippen molar-refractivity contribution in [2.75, 3.05) is 7.11 Å². The number of rotatable bonds is 8. The van der Waals surface area contributed by atoms with Crippen LogP contribution in [0.4, 0.5) is 4.39 Å². The van der Waals surface area contributed by atoms with Crippen molar-refractivity contribution < 1.29 is 23.8 Å². The van der Waals surface area contributed by atoms with Gasteiger partial charge in [-0.3, -0.25) is 9.78 Å². The van der Waals surface area contributed by atoms with Crippen LogP contribution in [0, 0.1) is 25.6 Å². The zero-order valence-electron chi connectivity index (χ0n) is 20.7. The second-order valence-corrected chi connectivity index (χ2v) is 9.23. The molecule has 1 fully saturated rings. The van der Waals surface area contributed by atoms with E-state index in [2.05, 4.69) is 27.1 Å². The Morgan fingerprint density at radius 3 is 2.41 bits per heavy atom. The molecule has 2 aromatic heterocycles. The van der Waals surface area contributed by atoms with E-state index in [1.807, 2.05) is 26.0 Å². The molecule has 7 nitrogen and oxygen atoms in total. The van der Waals surface area contributed by atoms with Crippen LogP contribution in [0.2, 0.25) is 0 Å². The zero-order valence-corrected chi connectivity index (χ0v) is 20.7. The number of carboxylic acids is 1. The second-order valence-electron chi connectivity index (χ2n) is 9.23. The number of nitrogens with zero attached hydrogens (tertiary/aromatic N) is 3. The van der Waals surface area contributed by atoms with Crippen LogP contribution in [0.1, 0.15) is 34.7 Å². The largest absolute Gasteiger partial charge is 0.481 e. The highest BCUT2D eigenvalue weighted by molar-refractivity contribution is 5.77. The van der Waals surface area contributed by atoms with Gasteiger partial charge in [-0.1, -0.05) is 18.2 Å². The van der Waals surface area contributed by atoms with Crippen LogP contribution in [-0.4, -0.2) is 33.1 Å². The number of ether oxygens (including phenoxy) is 2. The van der Waals surface area contributed by atoms with E-state index in [0.717, 1.165) is 33.4 Å². The molecule has 0 aliphatic heterocycles. The Labute approximate surface area is 214 Å². The summed E-state index contributed by atoms with van der Waals surface area (Å²) in [4.78, 5) is 23.7. The summed E-state index contributed by atoms with van der Waals surface area (Å²) in [5.41, 5.74) is 7.14. The van der Waals surface area contributed by atoms with Crippen molar-refractivity contribution in [1.29, 1.82) is 0 Å². The van der Waals surface area contributed by atoms with E-state index in [-0.39, 0.29) is 24.2 Å². The van der Waals surface area contributed by atoms with Crippen LogP contribution in [0.3, 0.4) is 0 Å². The molecule has 1 aliphatic rings. The average Bonchev–Trinajstić information content (AvgIpc) is 3.70. The van der Waals surface area contributed by atoms with Crippen LogP contribution in [0.15, 0.2) is 61.1 Å². The maximum absolute atomic E-state index is 14.7. The number of carbonyl (C=O) groups is 1. The van der Waals surface area contributed by atoms with Crippen LogP contribution >= 0.6 is 0 Å². The van der Waals surface area contributed by atoms with Crippen molar-refractivity contribution >= 4 is 5.97 Å². The van der Waals surface area contributed by atoms with E-state index >= 15 is 0 Å². The van der Waals surface area contributed by atoms with Gasteiger partial charge in [0.15, 0.2) is 0 Å². The molecular weight excluding hydrogens is 473 g/mol. The molecule has 1 N–H and O–H groups in total. The van der Waals surface area contributed by atoms with Gasteiger partial charge in [-0.2, -0.15) is 0 Å². The number of benzene rings is 2. The summed E-state index contributed by atoms with van der Waals surface area (Å²) in [6.07, 6.45) is 5.27. The van der Waals surface area contributed by atoms with Crippen molar-refractivity contribution in [1.82, 2.24) is 15.0 Å². The summed E-state index contributed by atoms with van der Waals surface area (Å²) >= 11 is 0. The molecular formula is C29H26FN3O4. The van der Waals surface area contributed by atoms with Gasteiger partial charge in [0.05, 0.1) is 31.1 Å². The van der Waals surface area contributed by atoms with Gasteiger partial charge in [0, 0.05) is 23.7 Å². The third kappa shape index (κ3) is 5.14. The molecule has 2 heterocycles. The number of carboxylic acid groups (broad SMARTS) is 1. The molecule has 0 unspecified atom stereocenters. The highest BCUT2D eigenvalue weighted by Crippen LogP contribution is 2.46. The fourth-order valence-electron chi connectivity index (χ4n) is 4.67. The lowest BCUT2D eigenvalue weighted by atomic mass is 9.91. The van der Waals surface area contributed by atoms with E-state index in [0.29, 0.717) is 23.6 Å². The molecule has 1 saturated carbocycles. The molecule has 2 aromatic carbocycles. The lowest BCUT2D eigenvalue weighted by molar-refractivity contribution is -0.138. The molecule has 0 amide bonds. The first-order valence-electron chi connectivity index (χ1n) is 11.9. The SMILES string of the molecule is COc1cc(-c2cc(C)c(-c3ccc(F)c(COc4cnc([C@H]5C[C@@H]5C(=O)O)cn4)c3)c(C)c2)ccn1. The number of halogens is 1. The quantitative estimate of drug-likeness (QED) is 0.330. The predicted molar refractivity (Wildman–Crippen MR) is 136 cm³/mol. The van der Waals surface area contributed by atoms with Crippen LogP contribution in [0.25, 0.3) is 22.3 Å². The monoisotopic (exact) mass is 499 g/mol. The highest BCUT2D eigenvalue weighted by atomic mass is 19.1. The minimum atomic E-state index is -0.819. The van der Waals surface area contributed by atoms with Gasteiger partial charge in [-0.05, 0) is 71.8 Å². The van der Waals surface area contributed by atoms with Crippen LogP contribution in [0.5, 0.6) is 11.8 Å². The Morgan fingerprint density at radius 1 is 0.973 bits per heavy atom. The number of pyridine rings is 1. The summed E-state index contributed by atoms with van der Waals surface area (Å²) in [6, 6.07) is 13.0. The van der Waals surface area contributed by atoms with Crippen LogP contribution in [-0.2, 0) is 11.4 Å². The summed E-state index contributed by atoms with van der Waals surface area (Å²) < 4.78 is 25.6. The smallest absolute Gasteiger partial charge is 0.307 e. The van der Waals surface area contributed by atoms with E-state index < -0.39 is 11.9 Å². The van der Waals surface area contributed by atoms with Gasteiger partial charge >= 0.3 is 5.97 Å². The standard InChI is InChI=1S/C29H26FN3O4/c1-16-8-20(18-6-7-31-26(11-18)36-3)9-17(2)28(16)19-4-5-24(30)21(10-19)15-37-27-14-32-25(13-33-27)22-12-23(22)29(34)35/h4-11,13-14,22-23H,12,15H2,1-3H3,(H,34,35)/t22-,23-/m0/s1. The van der Waals surface area contributed by atoms with Gasteiger partial charge in [-0.15, -0.1) is 0 Å². The van der Waals surface area contributed by atoms with Gasteiger partial charge in [-0.25, -0.2) is 14.4 Å². The Bertz CT molecular complexity index is 1450. The Hall–Kier alpha value is -4.33. The van der Waals surface area contributed by atoms with E-state index in [1.54, 1.807) is 25.4 Å². The fraction of sp³-hybridized carbons (Fsp3) is 0.241. The summed E-state index contributed by atoms with van der Waals surface area (Å²) in [5.74, 6) is -0.883. The second kappa shape index (κ2) is 9.97. The highest BCUT2D eigenvalue weighted by Gasteiger charge is 2.45. The minimum Gasteiger partial charge on any atom is -0.481 e. The molecule has 8 heteroatoms. The molecule has 1 aliphatic carbocycles. The number of aryl methyl sites for hydroxylation is 2. The maximum Gasteiger partial charge on any atom is 0.307 e. The molecule has 2 atom stereocenters. The number of aliphatic carboxylic acids is 1. The number of methoxy groups -OCH3 is 1. The normalized spacial score (nSPS) is 16.3. The molecule has 37 heavy (non-hydrogen) atoms. The van der Waals surface area contributed by atoms with E-state index in [1.165, 1.54) is 18.5 Å². The lowest BCUT2D eigenvalue weighted by Gasteiger charge is -2.15. The predicted octanol–water partition coefficient (Wildman–Crippen LogP) is 5.74. The molecule has 0 radical (unpaired) electrons. The van der Waals surface area contributed by atoms with Crippen molar-refractivity contribution in [2.45, 2.75) is 32.8 Å². The molecule has 0 bridgehead atoms. The van der Waals surface area contributed by atoms with Crippen molar-refractivity contribution in [3.63, 3.8) is 0 Å². The first kappa shape index (κ1) is 24.4. The third-order valence-electron chi connectivity index (χ3n) is 6.66. The van der Waals surface area contributed by atoms with Gasteiger partial charge < -0.3 is 14.6 Å². The fourth-order valence-corrected chi connectivity index (χ4v) is 4.67. The first-order chi connectivity index (χ1) is 17.8. The van der Waals surface area contributed by atoms with Gasteiger partial charge in [0.2, 0.25) is 11.8 Å². The van der Waals surface area contributed by atoms with Gasteiger partial charge in [0.1, 0.15) is 12.4 Å². The maximum atomic E-state index is 14.7. The zero-order chi connectivity index (χ0) is 26.1. The molecule has 0 spiro atoms. The van der Waals surface area contributed by atoms with Crippen molar-refractivity contribution in [3.8, 4) is 34.0 Å². The third-order valence-corrected chi connectivity index (χ3v) is 6.66. The molecule has 0 saturated heterocycles. The van der Waals surface area contributed by atoms with Crippen molar-refractivity contribution in [3.05, 3.63) is 89.3 Å². The molecule has 188 valence electrons. The summed E-state index contributed by atoms with van der Waals surface area (Å²) in [5, 5.41) is 9.08. The molecule has 5 rings (SSSR count). The van der Waals surface area contributed by atoms with Gasteiger partial charge in [0.25, 0.3) is 0 Å².